The Morgan fingerprint density at radius 2 is 1.62 bits per heavy atom. The lowest BCUT2D eigenvalue weighted by Crippen LogP contribution is -2.66. The number of halogens is 5. The van der Waals surface area contributed by atoms with Gasteiger partial charge in [0.25, 0.3) is 0 Å². The Labute approximate surface area is 259 Å². The van der Waals surface area contributed by atoms with Gasteiger partial charge in [0.1, 0.15) is 17.3 Å². The number of anilines is 1. The van der Waals surface area contributed by atoms with E-state index in [4.69, 9.17) is 10.00 Å². The van der Waals surface area contributed by atoms with Crippen LogP contribution >= 0.6 is 0 Å². The largest absolute Gasteiger partial charge is 0.453 e. The number of rotatable bonds is 8. The zero-order valence-corrected chi connectivity index (χ0v) is 25.3. The molecule has 0 bridgehead atoms. The van der Waals surface area contributed by atoms with Gasteiger partial charge in [-0.25, -0.2) is 26.7 Å². The number of piperidine rings is 1. The maximum absolute atomic E-state index is 15.8. The van der Waals surface area contributed by atoms with Crippen LogP contribution in [-0.4, -0.2) is 80.5 Å². The summed E-state index contributed by atoms with van der Waals surface area (Å²) in [6, 6.07) is 7.12. The molecule has 3 saturated heterocycles. The number of alkyl halides is 1. The molecule has 1 saturated carbocycles. The topological polar surface area (TPSA) is 71.8 Å². The quantitative estimate of drug-likeness (QED) is 0.390. The standard InChI is InChI=1S/C33H38F5N5O2/c1-45-31(44)40-29-5-2-4-26(29)33(43-8-3-9-43,23-14-24(34)16-25(35)15-23)22-6-10-41(11-7-22)18-32(38)19-42(20-32)30-27(36)12-21(17-39)13-28(30)37/h12-16,22,26,29H,2-11,18-20H2,1H3,(H,40,44)/t26-,29-,33?/m0/s1. The second kappa shape index (κ2) is 12.4. The SMILES string of the molecule is COC(=O)N[C@H]1CCC[C@@H]1C(c1cc(F)cc(F)c1)(C1CCN(CC2(F)CN(c3c(F)cc(C#N)cc3F)C2)CC1)N1CCC1. The van der Waals surface area contributed by atoms with Crippen molar-refractivity contribution < 1.29 is 31.5 Å². The van der Waals surface area contributed by atoms with Crippen LogP contribution in [0.4, 0.5) is 32.4 Å². The summed E-state index contributed by atoms with van der Waals surface area (Å²) in [6.07, 6.45) is 4.08. The van der Waals surface area contributed by atoms with Gasteiger partial charge in [-0.15, -0.1) is 0 Å². The first-order valence-corrected chi connectivity index (χ1v) is 15.7. The van der Waals surface area contributed by atoms with Gasteiger partial charge in [-0.1, -0.05) is 6.42 Å². The number of nitrogens with zero attached hydrogens (tertiary/aromatic N) is 4. The van der Waals surface area contributed by atoms with Crippen molar-refractivity contribution >= 4 is 11.8 Å². The molecule has 242 valence electrons. The fourth-order valence-electron chi connectivity index (χ4n) is 8.53. The van der Waals surface area contributed by atoms with E-state index in [1.54, 1.807) is 6.07 Å². The van der Waals surface area contributed by atoms with E-state index >= 15 is 4.39 Å². The summed E-state index contributed by atoms with van der Waals surface area (Å²) in [4.78, 5) is 18.0. The Kier molecular flexibility index (Phi) is 8.69. The second-order valence-electron chi connectivity index (χ2n) is 13.1. The molecule has 1 unspecified atom stereocenters. The number of nitrogens with one attached hydrogen (secondary N) is 1. The van der Waals surface area contributed by atoms with Gasteiger partial charge < -0.3 is 15.0 Å². The zero-order valence-electron chi connectivity index (χ0n) is 25.3. The molecule has 1 N–H and O–H groups in total. The molecule has 4 aliphatic rings. The lowest BCUT2D eigenvalue weighted by molar-refractivity contribution is -0.0882. The minimum absolute atomic E-state index is 0.0180. The lowest BCUT2D eigenvalue weighted by atomic mass is 9.62. The number of methoxy groups -OCH3 is 1. The minimum Gasteiger partial charge on any atom is -0.453 e. The van der Waals surface area contributed by atoms with Gasteiger partial charge in [0.2, 0.25) is 0 Å². The highest BCUT2D eigenvalue weighted by Crippen LogP contribution is 2.54. The van der Waals surface area contributed by atoms with E-state index < -0.39 is 40.6 Å². The summed E-state index contributed by atoms with van der Waals surface area (Å²) in [6.45, 7) is 2.39. The molecular weight excluding hydrogens is 593 g/mol. The van der Waals surface area contributed by atoms with Crippen LogP contribution < -0.4 is 10.2 Å². The number of hydrogen-bond donors (Lipinski definition) is 1. The fraction of sp³-hybridized carbons (Fsp3) is 0.576. The molecule has 0 aromatic heterocycles. The molecule has 1 amide bonds. The maximum atomic E-state index is 15.8. The normalized spacial score (nSPS) is 25.1. The van der Waals surface area contributed by atoms with Crippen LogP contribution in [0.15, 0.2) is 30.3 Å². The van der Waals surface area contributed by atoms with Gasteiger partial charge in [-0.05, 0) is 80.9 Å². The Morgan fingerprint density at radius 3 is 2.18 bits per heavy atom. The van der Waals surface area contributed by atoms with E-state index in [9.17, 15) is 22.4 Å². The highest BCUT2D eigenvalue weighted by atomic mass is 19.2. The summed E-state index contributed by atoms with van der Waals surface area (Å²) in [5.74, 6) is -3.20. The third-order valence-corrected chi connectivity index (χ3v) is 10.4. The molecule has 2 aromatic carbocycles. The van der Waals surface area contributed by atoms with E-state index in [1.807, 2.05) is 4.90 Å². The van der Waals surface area contributed by atoms with Gasteiger partial charge in [0, 0.05) is 37.7 Å². The number of likely N-dealkylation sites (tertiary alicyclic amines) is 2. The van der Waals surface area contributed by atoms with Gasteiger partial charge in [-0.3, -0.25) is 9.80 Å². The van der Waals surface area contributed by atoms with E-state index in [0.29, 0.717) is 31.5 Å². The van der Waals surface area contributed by atoms with Gasteiger partial charge >= 0.3 is 6.09 Å². The molecule has 45 heavy (non-hydrogen) atoms. The molecule has 3 heterocycles. The molecule has 3 atom stereocenters. The van der Waals surface area contributed by atoms with Crippen molar-refractivity contribution in [2.75, 3.05) is 57.8 Å². The predicted molar refractivity (Wildman–Crippen MR) is 157 cm³/mol. The van der Waals surface area contributed by atoms with Crippen molar-refractivity contribution in [3.8, 4) is 6.07 Å². The van der Waals surface area contributed by atoms with Crippen LogP contribution in [0.1, 0.15) is 49.7 Å². The van der Waals surface area contributed by atoms with Gasteiger partial charge in [-0.2, -0.15) is 5.26 Å². The van der Waals surface area contributed by atoms with Crippen LogP contribution in [0, 0.1) is 46.4 Å². The van der Waals surface area contributed by atoms with Gasteiger partial charge in [0.05, 0.1) is 37.4 Å². The number of hydrogen-bond acceptors (Lipinski definition) is 6. The molecule has 7 nitrogen and oxygen atoms in total. The monoisotopic (exact) mass is 631 g/mol. The van der Waals surface area contributed by atoms with Crippen molar-refractivity contribution in [2.45, 2.75) is 55.8 Å². The maximum Gasteiger partial charge on any atom is 0.407 e. The third kappa shape index (κ3) is 5.85. The average Bonchev–Trinajstić information content (AvgIpc) is 3.41. The predicted octanol–water partition coefficient (Wildman–Crippen LogP) is 5.48. The summed E-state index contributed by atoms with van der Waals surface area (Å²) < 4.78 is 79.5. The molecule has 4 fully saturated rings. The number of nitriles is 1. The van der Waals surface area contributed by atoms with Crippen LogP contribution in [0.2, 0.25) is 0 Å². The summed E-state index contributed by atoms with van der Waals surface area (Å²) in [7, 11) is 1.32. The summed E-state index contributed by atoms with van der Waals surface area (Å²) in [5, 5.41) is 12.0. The van der Waals surface area contributed by atoms with Crippen molar-refractivity contribution in [1.29, 1.82) is 5.26 Å². The molecule has 1 aliphatic carbocycles. The Balaban J connectivity index is 1.21. The first-order chi connectivity index (χ1) is 21.6. The van der Waals surface area contributed by atoms with Crippen LogP contribution in [0.3, 0.4) is 0 Å². The average molecular weight is 632 g/mol. The zero-order chi connectivity index (χ0) is 31.9. The Morgan fingerprint density at radius 1 is 0.978 bits per heavy atom. The van der Waals surface area contributed by atoms with Crippen molar-refractivity contribution in [1.82, 2.24) is 15.1 Å². The molecule has 0 spiro atoms. The summed E-state index contributed by atoms with van der Waals surface area (Å²) in [5.41, 5.74) is -2.29. The fourth-order valence-corrected chi connectivity index (χ4v) is 8.53. The molecule has 3 aliphatic heterocycles. The van der Waals surface area contributed by atoms with E-state index in [1.165, 1.54) is 24.1 Å². The number of amides is 1. The highest BCUT2D eigenvalue weighted by molar-refractivity contribution is 5.67. The lowest BCUT2D eigenvalue weighted by Gasteiger charge is -2.59. The van der Waals surface area contributed by atoms with Crippen molar-refractivity contribution in [2.24, 2.45) is 11.8 Å². The van der Waals surface area contributed by atoms with Gasteiger partial charge in [0.15, 0.2) is 17.3 Å². The first kappa shape index (κ1) is 31.5. The van der Waals surface area contributed by atoms with E-state index in [0.717, 1.165) is 57.0 Å². The van der Waals surface area contributed by atoms with E-state index in [2.05, 4.69) is 10.2 Å². The molecule has 2 aromatic rings. The number of alkyl carbamates (subject to hydrolysis) is 1. The number of ether oxygens (including phenoxy) is 1. The second-order valence-corrected chi connectivity index (χ2v) is 13.1. The molecular formula is C33H38F5N5O2. The molecule has 0 radical (unpaired) electrons. The highest BCUT2D eigenvalue weighted by Gasteiger charge is 2.57. The van der Waals surface area contributed by atoms with E-state index in [-0.39, 0.29) is 48.8 Å². The van der Waals surface area contributed by atoms with Crippen LogP contribution in [-0.2, 0) is 10.3 Å². The van der Waals surface area contributed by atoms with Crippen LogP contribution in [0.25, 0.3) is 0 Å². The number of carbonyl (C=O) groups is 1. The smallest absolute Gasteiger partial charge is 0.407 e. The minimum atomic E-state index is -1.67. The van der Waals surface area contributed by atoms with Crippen LogP contribution in [0.5, 0.6) is 0 Å². The summed E-state index contributed by atoms with van der Waals surface area (Å²) >= 11 is 0. The third-order valence-electron chi connectivity index (χ3n) is 10.4. The Hall–Kier alpha value is -3.43. The molecule has 6 rings (SSSR count). The van der Waals surface area contributed by atoms with Crippen molar-refractivity contribution in [3.05, 3.63) is 64.7 Å². The number of carbonyl (C=O) groups excluding carboxylic acids is 1. The first-order valence-electron chi connectivity index (χ1n) is 15.7. The van der Waals surface area contributed by atoms with Crippen molar-refractivity contribution in [3.63, 3.8) is 0 Å². The number of benzene rings is 2. The molecule has 12 heteroatoms. The Bertz CT molecular complexity index is 1420.